The molecule has 2 rings (SSSR count). The molecule has 4 N–H and O–H groups in total. The van der Waals surface area contributed by atoms with E-state index in [2.05, 4.69) is 0 Å². The van der Waals surface area contributed by atoms with Crippen molar-refractivity contribution in [1.82, 2.24) is 0 Å². The maximum Gasteiger partial charge on any atom is 0.119 e. The Morgan fingerprint density at radius 3 is 1.48 bits per heavy atom. The summed E-state index contributed by atoms with van der Waals surface area (Å²) in [6, 6.07) is 14.1. The van der Waals surface area contributed by atoms with Gasteiger partial charge in [0.05, 0.1) is 31.8 Å². The Morgan fingerprint density at radius 2 is 1.12 bits per heavy atom. The van der Waals surface area contributed by atoms with E-state index in [9.17, 15) is 10.2 Å². The second-order valence-corrected chi connectivity index (χ2v) is 5.60. The summed E-state index contributed by atoms with van der Waals surface area (Å²) in [7, 11) is 0. The van der Waals surface area contributed by atoms with Gasteiger partial charge in [0.25, 0.3) is 0 Å². The van der Waals surface area contributed by atoms with E-state index < -0.39 is 5.41 Å². The lowest BCUT2D eigenvalue weighted by Gasteiger charge is -2.31. The van der Waals surface area contributed by atoms with E-state index >= 15 is 0 Å². The highest BCUT2D eigenvalue weighted by Crippen LogP contribution is 2.35. The van der Waals surface area contributed by atoms with E-state index in [4.69, 9.17) is 19.7 Å². The van der Waals surface area contributed by atoms with Crippen molar-refractivity contribution in [2.45, 2.75) is 5.41 Å². The summed E-state index contributed by atoms with van der Waals surface area (Å²) in [4.78, 5) is 0. The molecule has 0 aromatic heterocycles. The van der Waals surface area contributed by atoms with Crippen LogP contribution in [-0.2, 0) is 5.41 Å². The first-order chi connectivity index (χ1) is 12.2. The van der Waals surface area contributed by atoms with Crippen LogP contribution in [0.25, 0.3) is 0 Å². The third-order valence-corrected chi connectivity index (χ3v) is 4.03. The molecule has 0 bridgehead atoms. The molecule has 0 saturated heterocycles. The number of aliphatic hydroxyl groups excluding tert-OH is 4. The smallest absolute Gasteiger partial charge is 0.119 e. The highest BCUT2D eigenvalue weighted by Gasteiger charge is 2.34. The van der Waals surface area contributed by atoms with Crippen LogP contribution in [0.1, 0.15) is 11.1 Å². The van der Waals surface area contributed by atoms with Crippen LogP contribution in [0.5, 0.6) is 11.5 Å². The van der Waals surface area contributed by atoms with Gasteiger partial charge >= 0.3 is 0 Å². The van der Waals surface area contributed by atoms with E-state index in [1.165, 1.54) is 0 Å². The first-order valence-corrected chi connectivity index (χ1v) is 8.10. The van der Waals surface area contributed by atoms with Crippen LogP contribution in [-0.4, -0.2) is 60.1 Å². The third kappa shape index (κ3) is 4.49. The Balaban J connectivity index is 2.41. The minimum Gasteiger partial charge on any atom is -0.491 e. The monoisotopic (exact) mass is 348 g/mol. The molecule has 6 heteroatoms. The number of hydrogen-bond acceptors (Lipinski definition) is 6. The van der Waals surface area contributed by atoms with Crippen LogP contribution in [0.3, 0.4) is 0 Å². The molecule has 0 aliphatic rings. The number of aliphatic hydroxyl groups is 4. The Labute approximate surface area is 146 Å². The molecule has 0 saturated carbocycles. The Hall–Kier alpha value is -2.12. The summed E-state index contributed by atoms with van der Waals surface area (Å²) in [5.74, 6) is 1.09. The summed E-state index contributed by atoms with van der Waals surface area (Å²) in [5, 5.41) is 38.0. The van der Waals surface area contributed by atoms with E-state index in [1.807, 2.05) is 0 Å². The normalized spacial score (nSPS) is 11.4. The van der Waals surface area contributed by atoms with Gasteiger partial charge in [0.15, 0.2) is 0 Å². The van der Waals surface area contributed by atoms with Gasteiger partial charge in [-0.1, -0.05) is 24.3 Å². The highest BCUT2D eigenvalue weighted by molar-refractivity contribution is 5.45. The molecule has 0 amide bonds. The summed E-state index contributed by atoms with van der Waals surface area (Å²) < 4.78 is 10.9. The topological polar surface area (TPSA) is 99.4 Å². The molecule has 0 radical (unpaired) electrons. The molecular formula is C19H24O6. The molecule has 0 heterocycles. The van der Waals surface area contributed by atoms with Gasteiger partial charge in [-0.15, -0.1) is 0 Å². The average molecular weight is 348 g/mol. The zero-order chi connectivity index (χ0) is 18.1. The summed E-state index contributed by atoms with van der Waals surface area (Å²) in [5.41, 5.74) is 0.344. The van der Waals surface area contributed by atoms with Crippen LogP contribution in [0, 0.1) is 0 Å². The quantitative estimate of drug-likeness (QED) is 0.504. The maximum atomic E-state index is 10.1. The van der Waals surface area contributed by atoms with E-state index in [0.29, 0.717) is 22.6 Å². The predicted molar refractivity (Wildman–Crippen MR) is 93.0 cm³/mol. The number of hydrogen-bond donors (Lipinski definition) is 4. The Morgan fingerprint density at radius 1 is 0.680 bits per heavy atom. The zero-order valence-corrected chi connectivity index (χ0v) is 14.0. The molecule has 0 fully saturated rings. The molecule has 0 aliphatic heterocycles. The molecule has 136 valence electrons. The molecular weight excluding hydrogens is 324 g/mol. The minimum absolute atomic E-state index is 0.0976. The van der Waals surface area contributed by atoms with Gasteiger partial charge in [-0.2, -0.15) is 0 Å². The number of ether oxygens (including phenoxy) is 2. The minimum atomic E-state index is -1.03. The van der Waals surface area contributed by atoms with Gasteiger partial charge in [0.2, 0.25) is 0 Å². The van der Waals surface area contributed by atoms with Crippen LogP contribution in [0.4, 0.5) is 0 Å². The van der Waals surface area contributed by atoms with Crippen molar-refractivity contribution in [3.63, 3.8) is 0 Å². The fourth-order valence-corrected chi connectivity index (χ4v) is 2.68. The molecule has 25 heavy (non-hydrogen) atoms. The Bertz CT molecular complexity index is 600. The van der Waals surface area contributed by atoms with Crippen molar-refractivity contribution in [2.24, 2.45) is 0 Å². The van der Waals surface area contributed by atoms with Gasteiger partial charge in [0.1, 0.15) is 24.7 Å². The number of rotatable bonds is 10. The third-order valence-electron chi connectivity index (χ3n) is 4.03. The highest BCUT2D eigenvalue weighted by atomic mass is 16.5. The van der Waals surface area contributed by atoms with Crippen LogP contribution in [0.2, 0.25) is 0 Å². The SMILES string of the molecule is OCCOc1cccc(C(CO)(CO)c2cccc(OCCO)c2)c1. The largest absolute Gasteiger partial charge is 0.491 e. The first-order valence-electron chi connectivity index (χ1n) is 8.10. The summed E-state index contributed by atoms with van der Waals surface area (Å²) in [6.45, 7) is -0.482. The standard InChI is InChI=1S/C19H24O6/c20-7-9-24-17-5-1-3-15(11-17)19(13-22,14-23)16-4-2-6-18(12-16)25-10-8-21/h1-6,11-12,20-23H,7-10,13-14H2. The van der Waals surface area contributed by atoms with Crippen LogP contribution in [0.15, 0.2) is 48.5 Å². The van der Waals surface area contributed by atoms with Gasteiger partial charge in [0, 0.05) is 0 Å². The lowest BCUT2D eigenvalue weighted by atomic mass is 9.75. The van der Waals surface area contributed by atoms with Gasteiger partial charge in [-0.3, -0.25) is 0 Å². The fourth-order valence-electron chi connectivity index (χ4n) is 2.68. The molecule has 0 atom stereocenters. The van der Waals surface area contributed by atoms with Crippen LogP contribution >= 0.6 is 0 Å². The first kappa shape index (κ1) is 19.2. The van der Waals surface area contributed by atoms with Crippen LogP contribution < -0.4 is 9.47 Å². The van der Waals surface area contributed by atoms with Crippen molar-refractivity contribution in [1.29, 1.82) is 0 Å². The van der Waals surface area contributed by atoms with E-state index in [0.717, 1.165) is 0 Å². The lowest BCUT2D eigenvalue weighted by Crippen LogP contribution is -2.36. The number of benzene rings is 2. The molecule has 2 aromatic carbocycles. The van der Waals surface area contributed by atoms with E-state index in [1.54, 1.807) is 48.5 Å². The molecule has 0 aliphatic carbocycles. The molecule has 6 nitrogen and oxygen atoms in total. The maximum absolute atomic E-state index is 10.1. The average Bonchev–Trinajstić information content (AvgIpc) is 2.67. The van der Waals surface area contributed by atoms with Gasteiger partial charge in [-0.25, -0.2) is 0 Å². The zero-order valence-electron chi connectivity index (χ0n) is 14.0. The van der Waals surface area contributed by atoms with Crippen molar-refractivity contribution in [3.05, 3.63) is 59.7 Å². The summed E-state index contributed by atoms with van der Waals surface area (Å²) in [6.07, 6.45) is 0. The molecule has 2 aromatic rings. The van der Waals surface area contributed by atoms with Gasteiger partial charge < -0.3 is 29.9 Å². The Kier molecular flexibility index (Phi) is 7.21. The van der Waals surface area contributed by atoms with Gasteiger partial charge in [-0.05, 0) is 35.4 Å². The molecule has 0 spiro atoms. The second kappa shape index (κ2) is 9.39. The lowest BCUT2D eigenvalue weighted by molar-refractivity contribution is 0.142. The summed E-state index contributed by atoms with van der Waals surface area (Å²) >= 11 is 0. The predicted octanol–water partition coefficient (Wildman–Crippen LogP) is 0.699. The van der Waals surface area contributed by atoms with Crippen molar-refractivity contribution >= 4 is 0 Å². The van der Waals surface area contributed by atoms with Crippen molar-refractivity contribution < 1.29 is 29.9 Å². The molecule has 0 unspecified atom stereocenters. The fraction of sp³-hybridized carbons (Fsp3) is 0.368. The van der Waals surface area contributed by atoms with E-state index in [-0.39, 0.29) is 39.6 Å². The van der Waals surface area contributed by atoms with Crippen molar-refractivity contribution in [3.8, 4) is 11.5 Å². The second-order valence-electron chi connectivity index (χ2n) is 5.60. The van der Waals surface area contributed by atoms with Crippen molar-refractivity contribution in [2.75, 3.05) is 39.6 Å².